The molecule has 2 heterocycles. The largest absolute Gasteiger partial charge is 0.247 e. The number of hydrogen-bond acceptors (Lipinski definition) is 4. The predicted octanol–water partition coefficient (Wildman–Crippen LogP) is 13.9. The first-order valence-corrected chi connectivity index (χ1v) is 20.1. The molecule has 0 bridgehead atoms. The molecule has 0 unspecified atom stereocenters. The normalized spacial score (nSPS) is 12.7. The summed E-state index contributed by atoms with van der Waals surface area (Å²) in [5.74, 6) is 1.84. The van der Waals surface area contributed by atoms with E-state index < -0.39 is 0 Å². The Hall–Kier alpha value is -7.56. The van der Waals surface area contributed by atoms with Crippen molar-refractivity contribution in [2.24, 2.45) is 0 Å². The number of hydrogen-bond donors (Lipinski definition) is 0. The summed E-state index contributed by atoms with van der Waals surface area (Å²) < 4.78 is 0. The van der Waals surface area contributed by atoms with E-state index in [0.717, 1.165) is 49.8 Å². The molecule has 2 aromatic heterocycles. The van der Waals surface area contributed by atoms with Crippen LogP contribution in [0.5, 0.6) is 0 Å². The average Bonchev–Trinajstić information content (AvgIpc) is 3.54. The van der Waals surface area contributed by atoms with Crippen LogP contribution in [0, 0.1) is 0 Å². The van der Waals surface area contributed by atoms with Crippen molar-refractivity contribution in [2.45, 2.75) is 19.3 Å². The molecule has 0 radical (unpaired) electrons. The minimum absolute atomic E-state index is 0.0598. The van der Waals surface area contributed by atoms with Gasteiger partial charge in [0.1, 0.15) is 0 Å². The summed E-state index contributed by atoms with van der Waals surface area (Å²) in [6, 6.07) is 68.4. The van der Waals surface area contributed by atoms with Crippen LogP contribution in [-0.2, 0) is 5.41 Å². The van der Waals surface area contributed by atoms with Crippen molar-refractivity contribution in [3.63, 3.8) is 0 Å². The Morgan fingerprint density at radius 2 is 0.847 bits per heavy atom. The van der Waals surface area contributed by atoms with Crippen LogP contribution in [0.1, 0.15) is 25.0 Å². The minimum Gasteiger partial charge on any atom is -0.247 e. The molecule has 59 heavy (non-hydrogen) atoms. The Bertz CT molecular complexity index is 3210. The number of rotatable bonds is 6. The lowest BCUT2D eigenvalue weighted by atomic mass is 9.81. The van der Waals surface area contributed by atoms with Crippen LogP contribution in [0.3, 0.4) is 0 Å². The van der Waals surface area contributed by atoms with E-state index in [1.165, 1.54) is 44.3 Å². The lowest BCUT2D eigenvalue weighted by Gasteiger charge is -2.22. The van der Waals surface area contributed by atoms with Gasteiger partial charge in [0.25, 0.3) is 0 Å². The van der Waals surface area contributed by atoms with Crippen molar-refractivity contribution >= 4 is 21.7 Å². The van der Waals surface area contributed by atoms with Crippen molar-refractivity contribution in [1.82, 2.24) is 19.9 Å². The molecule has 0 saturated heterocycles. The van der Waals surface area contributed by atoms with Gasteiger partial charge in [0.2, 0.25) is 0 Å². The van der Waals surface area contributed by atoms with E-state index >= 15 is 0 Å². The molecule has 4 heteroatoms. The summed E-state index contributed by atoms with van der Waals surface area (Å²) >= 11 is 0. The number of benzene rings is 8. The number of pyridine rings is 1. The maximum Gasteiger partial charge on any atom is 0.164 e. The Morgan fingerprint density at radius 1 is 0.322 bits per heavy atom. The lowest BCUT2D eigenvalue weighted by molar-refractivity contribution is 0.660. The fourth-order valence-electron chi connectivity index (χ4n) is 8.92. The van der Waals surface area contributed by atoms with Crippen LogP contribution in [0.4, 0.5) is 0 Å². The summed E-state index contributed by atoms with van der Waals surface area (Å²) in [6.45, 7) is 4.65. The molecule has 0 amide bonds. The zero-order chi connectivity index (χ0) is 39.5. The van der Waals surface area contributed by atoms with Crippen LogP contribution in [-0.4, -0.2) is 19.9 Å². The molecule has 278 valence electrons. The summed E-state index contributed by atoms with van der Waals surface area (Å²) in [7, 11) is 0. The summed E-state index contributed by atoms with van der Waals surface area (Å²) in [5.41, 5.74) is 15.6. The van der Waals surface area contributed by atoms with Crippen molar-refractivity contribution in [2.75, 3.05) is 0 Å². The van der Waals surface area contributed by atoms with E-state index in [1.807, 2.05) is 36.4 Å². The van der Waals surface area contributed by atoms with Gasteiger partial charge >= 0.3 is 0 Å². The molecule has 8 aromatic carbocycles. The Morgan fingerprint density at radius 3 is 1.56 bits per heavy atom. The second kappa shape index (κ2) is 13.8. The van der Waals surface area contributed by atoms with Gasteiger partial charge < -0.3 is 0 Å². The topological polar surface area (TPSA) is 51.6 Å². The fraction of sp³-hybridized carbons (Fsp3) is 0.0545. The maximum absolute atomic E-state index is 5.37. The van der Waals surface area contributed by atoms with E-state index in [0.29, 0.717) is 17.5 Å². The first-order chi connectivity index (χ1) is 29.0. The van der Waals surface area contributed by atoms with Crippen LogP contribution in [0.15, 0.2) is 194 Å². The second-order valence-corrected chi connectivity index (χ2v) is 15.8. The predicted molar refractivity (Wildman–Crippen MR) is 243 cm³/mol. The van der Waals surface area contributed by atoms with Gasteiger partial charge in [-0.3, -0.25) is 0 Å². The Kier molecular flexibility index (Phi) is 8.12. The second-order valence-electron chi connectivity index (χ2n) is 15.8. The van der Waals surface area contributed by atoms with Gasteiger partial charge in [-0.2, -0.15) is 0 Å². The monoisotopic (exact) mass is 754 g/mol. The number of nitrogens with zero attached hydrogens (tertiary/aromatic N) is 4. The molecule has 0 aliphatic heterocycles. The summed E-state index contributed by atoms with van der Waals surface area (Å²) in [6.07, 6.45) is 0. The summed E-state index contributed by atoms with van der Waals surface area (Å²) in [4.78, 5) is 20.7. The highest BCUT2D eigenvalue weighted by molar-refractivity contribution is 6.17. The molecule has 1 aliphatic carbocycles. The zero-order valence-electron chi connectivity index (χ0n) is 32.8. The Labute approximate surface area is 343 Å². The van der Waals surface area contributed by atoms with E-state index in [2.05, 4.69) is 172 Å². The van der Waals surface area contributed by atoms with Gasteiger partial charge in [0, 0.05) is 43.8 Å². The number of aromatic nitrogens is 4. The molecular weight excluding hydrogens is 717 g/mol. The zero-order valence-corrected chi connectivity index (χ0v) is 32.8. The third-order valence-electron chi connectivity index (χ3n) is 11.9. The summed E-state index contributed by atoms with van der Waals surface area (Å²) in [5, 5.41) is 3.37. The molecule has 0 fully saturated rings. The van der Waals surface area contributed by atoms with Crippen molar-refractivity contribution < 1.29 is 0 Å². The van der Waals surface area contributed by atoms with Crippen LogP contribution in [0.2, 0.25) is 0 Å². The third kappa shape index (κ3) is 5.92. The SMILES string of the molecule is CC1(C)c2ccccc2-c2ccc(-c3ccc(-c4nc(-c5ccccc5)nc(-c5ccc6c(c5)nc(-c5ccccc5)c5cccc(-c7ccccc7)c56)n4)cc3)cc21. The molecule has 10 aromatic rings. The molecule has 0 N–H and O–H groups in total. The molecule has 4 nitrogen and oxygen atoms in total. The third-order valence-corrected chi connectivity index (χ3v) is 11.9. The maximum atomic E-state index is 5.37. The number of fused-ring (bicyclic) bond motifs is 6. The Balaban J connectivity index is 1.04. The molecule has 11 rings (SSSR count). The van der Waals surface area contributed by atoms with E-state index in [9.17, 15) is 0 Å². The van der Waals surface area contributed by atoms with E-state index in [1.54, 1.807) is 0 Å². The minimum atomic E-state index is -0.0598. The quantitative estimate of drug-likeness (QED) is 0.159. The first kappa shape index (κ1) is 34.7. The highest BCUT2D eigenvalue weighted by Crippen LogP contribution is 2.49. The van der Waals surface area contributed by atoms with Gasteiger partial charge in [0.15, 0.2) is 17.5 Å². The van der Waals surface area contributed by atoms with Gasteiger partial charge in [-0.25, -0.2) is 19.9 Å². The molecule has 0 atom stereocenters. The molecule has 1 aliphatic rings. The van der Waals surface area contributed by atoms with Crippen molar-refractivity contribution in [1.29, 1.82) is 0 Å². The average molecular weight is 755 g/mol. The van der Waals surface area contributed by atoms with Gasteiger partial charge in [-0.05, 0) is 56.6 Å². The highest BCUT2D eigenvalue weighted by atomic mass is 15.0. The standard InChI is InChI=1S/C55H38N4/c1-55(2)47-24-13-12-21-43(47)44-31-29-40(33-48(44)55)35-25-27-39(28-26-35)53-57-52(38-19-10-5-11-20-38)58-54(59-53)41-30-32-45-49(34-41)56-51(37-17-8-4-9-18-37)46-23-14-22-42(50(45)46)36-15-6-3-7-16-36/h3-34H,1-2H3. The van der Waals surface area contributed by atoms with Crippen molar-refractivity contribution in [3.05, 3.63) is 205 Å². The van der Waals surface area contributed by atoms with Crippen LogP contribution < -0.4 is 0 Å². The van der Waals surface area contributed by atoms with Crippen molar-refractivity contribution in [3.8, 4) is 78.8 Å². The lowest BCUT2D eigenvalue weighted by Crippen LogP contribution is -2.14. The van der Waals surface area contributed by atoms with Crippen LogP contribution in [0.25, 0.3) is 100 Å². The molecular formula is C55H38N4. The van der Waals surface area contributed by atoms with Gasteiger partial charge in [0.05, 0.1) is 11.2 Å². The van der Waals surface area contributed by atoms with Crippen LogP contribution >= 0.6 is 0 Å². The first-order valence-electron chi connectivity index (χ1n) is 20.1. The van der Waals surface area contributed by atoms with Gasteiger partial charge in [-0.15, -0.1) is 0 Å². The highest BCUT2D eigenvalue weighted by Gasteiger charge is 2.35. The van der Waals surface area contributed by atoms with E-state index in [-0.39, 0.29) is 5.41 Å². The molecule has 0 saturated carbocycles. The van der Waals surface area contributed by atoms with E-state index in [4.69, 9.17) is 19.9 Å². The smallest absolute Gasteiger partial charge is 0.164 e. The molecule has 0 spiro atoms. The van der Waals surface area contributed by atoms with Gasteiger partial charge in [-0.1, -0.05) is 196 Å². The fourth-order valence-corrected chi connectivity index (χ4v) is 8.92.